The van der Waals surface area contributed by atoms with Gasteiger partial charge >= 0.3 is 0 Å². The van der Waals surface area contributed by atoms with Gasteiger partial charge in [-0.2, -0.15) is 0 Å². The quantitative estimate of drug-likeness (QED) is 0.807. The van der Waals surface area contributed by atoms with Gasteiger partial charge in [0.2, 0.25) is 11.8 Å². The van der Waals surface area contributed by atoms with E-state index in [2.05, 4.69) is 31.3 Å². The predicted molar refractivity (Wildman–Crippen MR) is 110 cm³/mol. The second-order valence-electron chi connectivity index (χ2n) is 6.99. The molecule has 2 amide bonds. The van der Waals surface area contributed by atoms with Crippen molar-refractivity contribution in [3.63, 3.8) is 0 Å². The van der Waals surface area contributed by atoms with Crippen LogP contribution in [0.25, 0.3) is 0 Å². The van der Waals surface area contributed by atoms with E-state index in [1.807, 2.05) is 25.1 Å². The van der Waals surface area contributed by atoms with Gasteiger partial charge in [-0.1, -0.05) is 49.7 Å². The number of hydrogen-bond donors (Lipinski definition) is 1. The van der Waals surface area contributed by atoms with Crippen molar-refractivity contribution in [3.05, 3.63) is 58.1 Å². The zero-order valence-corrected chi connectivity index (χ0v) is 16.8. The minimum absolute atomic E-state index is 0.00712. The Morgan fingerprint density at radius 2 is 1.85 bits per heavy atom. The molecule has 0 radical (unpaired) electrons. The van der Waals surface area contributed by atoms with Gasteiger partial charge in [0.05, 0.1) is 5.92 Å². The molecule has 1 unspecified atom stereocenters. The summed E-state index contributed by atoms with van der Waals surface area (Å²) in [4.78, 5) is 27.2. The average Bonchev–Trinajstić information content (AvgIpc) is 3.05. The standard InChI is InChI=1S/C22H25ClN2O2/c1-4-15-7-6-8-16(5-2)21(15)25-13-17(11-20(25)26)22(27)24-18-10-9-14(3)19(23)12-18/h6-10,12,17H,4-5,11,13H2,1-3H3,(H,24,27). The molecule has 0 bridgehead atoms. The summed E-state index contributed by atoms with van der Waals surface area (Å²) < 4.78 is 0. The van der Waals surface area contributed by atoms with Crippen molar-refractivity contribution in [3.8, 4) is 0 Å². The molecule has 1 N–H and O–H groups in total. The molecule has 0 spiro atoms. The fourth-order valence-electron chi connectivity index (χ4n) is 3.58. The van der Waals surface area contributed by atoms with Crippen LogP contribution in [0.3, 0.4) is 0 Å². The minimum atomic E-state index is -0.368. The molecule has 1 heterocycles. The van der Waals surface area contributed by atoms with Gasteiger partial charge in [0.25, 0.3) is 0 Å². The number of nitrogens with zero attached hydrogens (tertiary/aromatic N) is 1. The lowest BCUT2D eigenvalue weighted by Crippen LogP contribution is -2.29. The van der Waals surface area contributed by atoms with Gasteiger partial charge in [0.15, 0.2) is 0 Å². The number of rotatable bonds is 5. The third kappa shape index (κ3) is 4.01. The van der Waals surface area contributed by atoms with Crippen LogP contribution >= 0.6 is 11.6 Å². The summed E-state index contributed by atoms with van der Waals surface area (Å²) in [7, 11) is 0. The van der Waals surface area contributed by atoms with Crippen LogP contribution in [0.5, 0.6) is 0 Å². The van der Waals surface area contributed by atoms with Gasteiger partial charge in [-0.15, -0.1) is 0 Å². The van der Waals surface area contributed by atoms with Crippen LogP contribution < -0.4 is 10.2 Å². The predicted octanol–water partition coefficient (Wildman–Crippen LogP) is 4.76. The third-order valence-corrected chi connectivity index (χ3v) is 5.58. The van der Waals surface area contributed by atoms with E-state index in [1.165, 1.54) is 0 Å². The summed E-state index contributed by atoms with van der Waals surface area (Å²) in [6.45, 7) is 6.50. The molecule has 1 fully saturated rings. The number of halogens is 1. The van der Waals surface area contributed by atoms with Crippen molar-refractivity contribution >= 4 is 34.8 Å². The first-order chi connectivity index (χ1) is 12.9. The normalized spacial score (nSPS) is 16.7. The SMILES string of the molecule is CCc1cccc(CC)c1N1CC(C(=O)Nc2ccc(C)c(Cl)c2)CC1=O. The van der Waals surface area contributed by atoms with Gasteiger partial charge < -0.3 is 10.2 Å². The molecule has 27 heavy (non-hydrogen) atoms. The number of para-hydroxylation sites is 1. The second kappa shape index (κ2) is 8.13. The first-order valence-electron chi connectivity index (χ1n) is 9.42. The Morgan fingerprint density at radius 1 is 1.19 bits per heavy atom. The van der Waals surface area contributed by atoms with E-state index in [9.17, 15) is 9.59 Å². The lowest BCUT2D eigenvalue weighted by atomic mass is 10.0. The molecular formula is C22H25ClN2O2. The van der Waals surface area contributed by atoms with E-state index in [-0.39, 0.29) is 24.2 Å². The number of nitrogens with one attached hydrogen (secondary N) is 1. The van der Waals surface area contributed by atoms with Gasteiger partial charge in [-0.05, 0) is 48.6 Å². The molecule has 142 valence electrons. The van der Waals surface area contributed by atoms with Crippen molar-refractivity contribution in [2.45, 2.75) is 40.0 Å². The Bertz CT molecular complexity index is 856. The van der Waals surface area contributed by atoms with Crippen molar-refractivity contribution in [1.82, 2.24) is 0 Å². The van der Waals surface area contributed by atoms with E-state index in [0.717, 1.165) is 35.2 Å². The monoisotopic (exact) mass is 384 g/mol. The van der Waals surface area contributed by atoms with Crippen LogP contribution in [0.15, 0.2) is 36.4 Å². The fourth-order valence-corrected chi connectivity index (χ4v) is 3.76. The van der Waals surface area contributed by atoms with E-state index in [0.29, 0.717) is 17.3 Å². The highest BCUT2D eigenvalue weighted by molar-refractivity contribution is 6.31. The van der Waals surface area contributed by atoms with Crippen molar-refractivity contribution in [2.24, 2.45) is 5.92 Å². The fraction of sp³-hybridized carbons (Fsp3) is 0.364. The smallest absolute Gasteiger partial charge is 0.229 e. The lowest BCUT2D eigenvalue weighted by Gasteiger charge is -2.23. The third-order valence-electron chi connectivity index (χ3n) is 5.17. The molecular weight excluding hydrogens is 360 g/mol. The van der Waals surface area contributed by atoms with Crippen LogP contribution in [-0.4, -0.2) is 18.4 Å². The first kappa shape index (κ1) is 19.4. The molecule has 2 aromatic rings. The molecule has 2 aromatic carbocycles. The van der Waals surface area contributed by atoms with Gasteiger partial charge in [-0.25, -0.2) is 0 Å². The maximum atomic E-state index is 12.7. The summed E-state index contributed by atoms with van der Waals surface area (Å²) >= 11 is 6.14. The number of aryl methyl sites for hydroxylation is 3. The maximum Gasteiger partial charge on any atom is 0.229 e. The highest BCUT2D eigenvalue weighted by atomic mass is 35.5. The zero-order chi connectivity index (χ0) is 19.6. The van der Waals surface area contributed by atoms with Gasteiger partial charge in [0, 0.05) is 29.4 Å². The molecule has 1 saturated heterocycles. The Hall–Kier alpha value is -2.33. The Balaban J connectivity index is 1.79. The number of anilines is 2. The molecule has 4 nitrogen and oxygen atoms in total. The van der Waals surface area contributed by atoms with E-state index in [4.69, 9.17) is 11.6 Å². The van der Waals surface area contributed by atoms with Crippen LogP contribution in [0.1, 0.15) is 37.0 Å². The maximum absolute atomic E-state index is 12.7. The number of amides is 2. The summed E-state index contributed by atoms with van der Waals surface area (Å²) in [5.74, 6) is -0.502. The molecule has 0 aromatic heterocycles. The topological polar surface area (TPSA) is 49.4 Å². The summed E-state index contributed by atoms with van der Waals surface area (Å²) in [6.07, 6.45) is 1.93. The zero-order valence-electron chi connectivity index (χ0n) is 16.0. The van der Waals surface area contributed by atoms with Crippen LogP contribution in [0.4, 0.5) is 11.4 Å². The number of carbonyl (C=O) groups is 2. The van der Waals surface area contributed by atoms with Crippen molar-refractivity contribution in [2.75, 3.05) is 16.8 Å². The van der Waals surface area contributed by atoms with Crippen molar-refractivity contribution < 1.29 is 9.59 Å². The Labute approximate surface area is 165 Å². The number of hydrogen-bond acceptors (Lipinski definition) is 2. The largest absolute Gasteiger partial charge is 0.326 e. The van der Waals surface area contributed by atoms with Crippen LogP contribution in [0, 0.1) is 12.8 Å². The van der Waals surface area contributed by atoms with Gasteiger partial charge in [-0.3, -0.25) is 9.59 Å². The molecule has 1 atom stereocenters. The van der Waals surface area contributed by atoms with E-state index < -0.39 is 0 Å². The second-order valence-corrected chi connectivity index (χ2v) is 7.40. The highest BCUT2D eigenvalue weighted by Gasteiger charge is 2.36. The molecule has 3 rings (SSSR count). The molecule has 5 heteroatoms. The summed E-state index contributed by atoms with van der Waals surface area (Å²) in [5.41, 5.74) is 4.90. The number of carbonyl (C=O) groups excluding carboxylic acids is 2. The molecule has 0 aliphatic carbocycles. The van der Waals surface area contributed by atoms with Gasteiger partial charge in [0.1, 0.15) is 0 Å². The summed E-state index contributed by atoms with van der Waals surface area (Å²) in [6, 6.07) is 11.6. The van der Waals surface area contributed by atoms with E-state index >= 15 is 0 Å². The van der Waals surface area contributed by atoms with E-state index in [1.54, 1.807) is 11.0 Å². The van der Waals surface area contributed by atoms with Crippen LogP contribution in [0.2, 0.25) is 5.02 Å². The lowest BCUT2D eigenvalue weighted by molar-refractivity contribution is -0.122. The summed E-state index contributed by atoms with van der Waals surface area (Å²) in [5, 5.41) is 3.51. The minimum Gasteiger partial charge on any atom is -0.326 e. The van der Waals surface area contributed by atoms with Crippen LogP contribution in [-0.2, 0) is 22.4 Å². The average molecular weight is 385 g/mol. The molecule has 1 aliphatic rings. The Morgan fingerprint density at radius 3 is 2.44 bits per heavy atom. The highest BCUT2D eigenvalue weighted by Crippen LogP contribution is 2.33. The van der Waals surface area contributed by atoms with Crippen molar-refractivity contribution in [1.29, 1.82) is 0 Å². The first-order valence-corrected chi connectivity index (χ1v) is 9.80. The Kier molecular flexibility index (Phi) is 5.85. The molecule has 1 aliphatic heterocycles. The number of benzene rings is 2. The molecule has 0 saturated carbocycles.